The van der Waals surface area contributed by atoms with Gasteiger partial charge in [0.2, 0.25) is 0 Å². The molecule has 2 heterocycles. The van der Waals surface area contributed by atoms with Gasteiger partial charge < -0.3 is 4.84 Å². The van der Waals surface area contributed by atoms with Crippen molar-refractivity contribution in [3.63, 3.8) is 0 Å². The Bertz CT molecular complexity index is 823. The van der Waals surface area contributed by atoms with Crippen LogP contribution in [-0.2, 0) is 28.8 Å². The lowest BCUT2D eigenvalue weighted by molar-refractivity contribution is -0.200. The fraction of sp³-hybridized carbons (Fsp3) is 0.316. The molecule has 0 radical (unpaired) electrons. The minimum atomic E-state index is -0.677. The second kappa shape index (κ2) is 7.14. The number of hydroxylamine groups is 2. The first-order chi connectivity index (χ1) is 12.8. The highest BCUT2D eigenvalue weighted by atomic mass is 16.7. The van der Waals surface area contributed by atoms with E-state index in [9.17, 15) is 24.0 Å². The molecule has 2 atom stereocenters. The molecule has 1 aromatic rings. The maximum atomic E-state index is 12.3. The fourth-order valence-corrected chi connectivity index (χ4v) is 2.91. The summed E-state index contributed by atoms with van der Waals surface area (Å²) in [7, 11) is 0. The molecule has 0 spiro atoms. The van der Waals surface area contributed by atoms with Gasteiger partial charge in [0.25, 0.3) is 23.6 Å². The van der Waals surface area contributed by atoms with Crippen molar-refractivity contribution in [1.29, 1.82) is 0 Å². The molecule has 1 saturated heterocycles. The number of anilines is 1. The van der Waals surface area contributed by atoms with Crippen LogP contribution in [0.25, 0.3) is 0 Å². The Morgan fingerprint density at radius 1 is 0.926 bits per heavy atom. The highest BCUT2D eigenvalue weighted by molar-refractivity contribution is 6.28. The number of carbonyl (C=O) groups excluding carboxylic acids is 5. The Hall–Kier alpha value is -3.29. The van der Waals surface area contributed by atoms with Crippen LogP contribution in [-0.4, -0.2) is 34.7 Å². The number of rotatable bonds is 5. The van der Waals surface area contributed by atoms with Crippen molar-refractivity contribution in [1.82, 2.24) is 5.06 Å². The van der Waals surface area contributed by atoms with Gasteiger partial charge in [-0.05, 0) is 23.6 Å². The number of nitrogens with zero attached hydrogens (tertiary/aromatic N) is 2. The van der Waals surface area contributed by atoms with Crippen molar-refractivity contribution in [3.8, 4) is 0 Å². The highest BCUT2D eigenvalue weighted by Crippen LogP contribution is 2.28. The van der Waals surface area contributed by atoms with Crippen molar-refractivity contribution >= 4 is 35.3 Å². The summed E-state index contributed by atoms with van der Waals surface area (Å²) in [4.78, 5) is 64.9. The molecular formula is C19H18N2O6. The minimum absolute atomic E-state index is 0.0420. The Kier molecular flexibility index (Phi) is 4.89. The van der Waals surface area contributed by atoms with Gasteiger partial charge in [0, 0.05) is 25.0 Å². The van der Waals surface area contributed by atoms with E-state index in [-0.39, 0.29) is 18.8 Å². The van der Waals surface area contributed by atoms with Gasteiger partial charge in [-0.3, -0.25) is 19.2 Å². The molecule has 0 aromatic heterocycles. The number of carbonyl (C=O) groups is 5. The van der Waals surface area contributed by atoms with E-state index >= 15 is 0 Å². The summed E-state index contributed by atoms with van der Waals surface area (Å²) < 4.78 is 0. The molecule has 1 aromatic carbocycles. The van der Waals surface area contributed by atoms with Crippen LogP contribution in [0.3, 0.4) is 0 Å². The molecule has 1 fully saturated rings. The lowest BCUT2D eigenvalue weighted by Gasteiger charge is -2.22. The van der Waals surface area contributed by atoms with Gasteiger partial charge in [-0.15, -0.1) is 5.06 Å². The molecule has 2 aliphatic rings. The number of imide groups is 2. The average Bonchev–Trinajstić information content (AvgIpc) is 3.16. The van der Waals surface area contributed by atoms with Gasteiger partial charge in [0.15, 0.2) is 0 Å². The maximum absolute atomic E-state index is 12.3. The molecule has 27 heavy (non-hydrogen) atoms. The van der Waals surface area contributed by atoms with E-state index in [1.165, 1.54) is 12.2 Å². The number of hydrogen-bond acceptors (Lipinski definition) is 6. The van der Waals surface area contributed by atoms with E-state index in [1.807, 2.05) is 6.92 Å². The molecule has 3 rings (SSSR count). The summed E-state index contributed by atoms with van der Waals surface area (Å²) in [5.74, 6) is -3.42. The van der Waals surface area contributed by atoms with Crippen molar-refractivity contribution < 1.29 is 28.8 Å². The van der Waals surface area contributed by atoms with Crippen LogP contribution in [0.4, 0.5) is 5.69 Å². The van der Waals surface area contributed by atoms with E-state index in [4.69, 9.17) is 4.84 Å². The zero-order chi connectivity index (χ0) is 19.7. The van der Waals surface area contributed by atoms with Crippen molar-refractivity contribution in [2.75, 3.05) is 4.90 Å². The molecule has 0 bridgehead atoms. The van der Waals surface area contributed by atoms with Gasteiger partial charge in [-0.25, -0.2) is 9.69 Å². The third kappa shape index (κ3) is 3.51. The molecule has 2 aliphatic heterocycles. The lowest BCUT2D eigenvalue weighted by atomic mass is 9.89. The fourth-order valence-electron chi connectivity index (χ4n) is 2.91. The third-order valence-corrected chi connectivity index (χ3v) is 4.80. The predicted molar refractivity (Wildman–Crippen MR) is 92.8 cm³/mol. The molecule has 0 N–H and O–H groups in total. The summed E-state index contributed by atoms with van der Waals surface area (Å²) in [5.41, 5.74) is 1.23. The van der Waals surface area contributed by atoms with Crippen LogP contribution >= 0.6 is 0 Å². The number of hydrogen-bond donors (Lipinski definition) is 0. The van der Waals surface area contributed by atoms with Crippen molar-refractivity contribution in [2.24, 2.45) is 5.92 Å². The molecule has 0 saturated carbocycles. The highest BCUT2D eigenvalue weighted by Gasteiger charge is 2.35. The zero-order valence-corrected chi connectivity index (χ0v) is 14.9. The van der Waals surface area contributed by atoms with Crippen LogP contribution in [0.15, 0.2) is 36.4 Å². The van der Waals surface area contributed by atoms with Crippen LogP contribution in [0.1, 0.15) is 38.2 Å². The van der Waals surface area contributed by atoms with Crippen LogP contribution in [0.2, 0.25) is 0 Å². The standard InChI is InChI=1S/C19H18N2O6/c1-11(12(2)19(26)27-21-17(24)9-10-18(21)25)13-3-5-14(6-4-13)20-15(22)7-8-16(20)23/h3-8,11-12H,9-10H2,1-2H3. The maximum Gasteiger partial charge on any atom is 0.336 e. The SMILES string of the molecule is CC(C(=O)ON1C(=O)CCC1=O)C(C)c1ccc(N2C(=O)C=CC2=O)cc1. The molecule has 140 valence electrons. The summed E-state index contributed by atoms with van der Waals surface area (Å²) >= 11 is 0. The number of benzene rings is 1. The Labute approximate surface area is 155 Å². The molecule has 0 aliphatic carbocycles. The predicted octanol–water partition coefficient (Wildman–Crippen LogP) is 1.46. The largest absolute Gasteiger partial charge is 0.336 e. The van der Waals surface area contributed by atoms with Crippen LogP contribution < -0.4 is 4.90 Å². The molecule has 8 nitrogen and oxygen atoms in total. The van der Waals surface area contributed by atoms with E-state index in [0.717, 1.165) is 10.5 Å². The van der Waals surface area contributed by atoms with E-state index in [0.29, 0.717) is 10.8 Å². The summed E-state index contributed by atoms with van der Waals surface area (Å²) in [5, 5.41) is 0.534. The Balaban J connectivity index is 1.68. The average molecular weight is 370 g/mol. The number of amides is 4. The second-order valence-corrected chi connectivity index (χ2v) is 6.51. The Morgan fingerprint density at radius 2 is 1.44 bits per heavy atom. The van der Waals surface area contributed by atoms with Gasteiger partial charge in [-0.2, -0.15) is 0 Å². The monoisotopic (exact) mass is 370 g/mol. The lowest BCUT2D eigenvalue weighted by Crippen LogP contribution is -2.35. The van der Waals surface area contributed by atoms with Gasteiger partial charge in [0.1, 0.15) is 0 Å². The van der Waals surface area contributed by atoms with E-state index in [1.54, 1.807) is 31.2 Å². The summed E-state index contributed by atoms with van der Waals surface area (Å²) in [6.07, 6.45) is 2.50. The van der Waals surface area contributed by atoms with Crippen LogP contribution in [0.5, 0.6) is 0 Å². The summed E-state index contributed by atoms with van der Waals surface area (Å²) in [6, 6.07) is 6.68. The smallest absolute Gasteiger partial charge is 0.330 e. The molecular weight excluding hydrogens is 352 g/mol. The van der Waals surface area contributed by atoms with Gasteiger partial charge in [0.05, 0.1) is 11.6 Å². The topological polar surface area (TPSA) is 101 Å². The van der Waals surface area contributed by atoms with Gasteiger partial charge >= 0.3 is 5.97 Å². The minimum Gasteiger partial charge on any atom is -0.330 e. The van der Waals surface area contributed by atoms with Gasteiger partial charge in [-0.1, -0.05) is 26.0 Å². The first kappa shape index (κ1) is 18.5. The molecule has 8 heteroatoms. The van der Waals surface area contributed by atoms with Crippen LogP contribution in [0, 0.1) is 5.92 Å². The normalized spacial score (nSPS) is 19.0. The molecule has 4 amide bonds. The van der Waals surface area contributed by atoms with Crippen molar-refractivity contribution in [3.05, 3.63) is 42.0 Å². The van der Waals surface area contributed by atoms with Crippen molar-refractivity contribution in [2.45, 2.75) is 32.6 Å². The third-order valence-electron chi connectivity index (χ3n) is 4.80. The molecule has 2 unspecified atom stereocenters. The Morgan fingerprint density at radius 3 is 1.96 bits per heavy atom. The second-order valence-electron chi connectivity index (χ2n) is 6.51. The first-order valence-electron chi connectivity index (χ1n) is 8.53. The van der Waals surface area contributed by atoms with E-state index < -0.39 is 35.5 Å². The first-order valence-corrected chi connectivity index (χ1v) is 8.53. The quantitative estimate of drug-likeness (QED) is 0.728. The zero-order valence-electron chi connectivity index (χ0n) is 14.9. The van der Waals surface area contributed by atoms with E-state index in [2.05, 4.69) is 0 Å². The summed E-state index contributed by atoms with van der Waals surface area (Å²) in [6.45, 7) is 3.45.